The van der Waals surface area contributed by atoms with Crippen LogP contribution in [0.25, 0.3) is 10.9 Å². The number of fused-ring (bicyclic) bond motifs is 1. The lowest BCUT2D eigenvalue weighted by Crippen LogP contribution is -2.38. The summed E-state index contributed by atoms with van der Waals surface area (Å²) >= 11 is 6.43. The van der Waals surface area contributed by atoms with Gasteiger partial charge < -0.3 is 14.8 Å². The van der Waals surface area contributed by atoms with E-state index in [0.717, 1.165) is 37.0 Å². The van der Waals surface area contributed by atoms with Gasteiger partial charge in [-0.1, -0.05) is 50.6 Å². The molecule has 25 heavy (non-hydrogen) atoms. The Bertz CT molecular complexity index is 797. The van der Waals surface area contributed by atoms with Gasteiger partial charge in [-0.25, -0.2) is 0 Å². The minimum Gasteiger partial charge on any atom is -0.351 e. The number of carbonyl (C=O) groups excluding carboxylic acids is 1. The number of nitrogens with one attached hydrogen (secondary N) is 1. The maximum atomic E-state index is 12.9. The van der Waals surface area contributed by atoms with Gasteiger partial charge >= 0.3 is 0 Å². The lowest BCUT2D eigenvalue weighted by atomic mass is 10.1. The number of carbonyl (C=O) groups is 1. The molecule has 0 fully saturated rings. The zero-order chi connectivity index (χ0) is 18.4. The van der Waals surface area contributed by atoms with Gasteiger partial charge in [0.15, 0.2) is 0 Å². The fraction of sp³-hybridized carbons (Fsp3) is 0.474. The van der Waals surface area contributed by atoms with Crippen LogP contribution in [0.3, 0.4) is 0 Å². The summed E-state index contributed by atoms with van der Waals surface area (Å²) in [7, 11) is 0. The summed E-state index contributed by atoms with van der Waals surface area (Å²) in [6.45, 7) is 9.78. The van der Waals surface area contributed by atoms with E-state index >= 15 is 0 Å². The summed E-state index contributed by atoms with van der Waals surface area (Å²) < 4.78 is 1.64. The minimum atomic E-state index is -0.405. The van der Waals surface area contributed by atoms with Crippen LogP contribution in [0.2, 0.25) is 5.02 Å². The fourth-order valence-electron chi connectivity index (χ4n) is 2.97. The Morgan fingerprint density at radius 3 is 2.52 bits per heavy atom. The van der Waals surface area contributed by atoms with Crippen LogP contribution in [0.5, 0.6) is 0 Å². The van der Waals surface area contributed by atoms with E-state index in [2.05, 4.69) is 24.1 Å². The number of rotatable bonds is 8. The number of halogens is 1. The number of amides is 1. The maximum absolute atomic E-state index is 12.9. The third kappa shape index (κ3) is 4.22. The number of hydrogen-bond acceptors (Lipinski definition) is 3. The van der Waals surface area contributed by atoms with Crippen LogP contribution in [-0.2, 0) is 6.54 Å². The first-order chi connectivity index (χ1) is 12.0. The molecular formula is C19H26ClN3O2. The van der Waals surface area contributed by atoms with Gasteiger partial charge in [0, 0.05) is 25.0 Å². The van der Waals surface area contributed by atoms with Gasteiger partial charge in [-0.3, -0.25) is 9.59 Å². The number of likely N-dealkylation sites (N-methyl/N-ethyl adjacent to an activating group) is 1. The van der Waals surface area contributed by atoms with Gasteiger partial charge in [0.2, 0.25) is 0 Å². The first-order valence-electron chi connectivity index (χ1n) is 8.86. The molecule has 2 rings (SSSR count). The summed E-state index contributed by atoms with van der Waals surface area (Å²) in [6, 6.07) is 7.43. The Labute approximate surface area is 153 Å². The van der Waals surface area contributed by atoms with Crippen LogP contribution in [-0.4, -0.2) is 41.6 Å². The van der Waals surface area contributed by atoms with Crippen molar-refractivity contribution in [2.75, 3.05) is 26.2 Å². The summed E-state index contributed by atoms with van der Waals surface area (Å²) in [5, 5.41) is 3.79. The smallest absolute Gasteiger partial charge is 0.265 e. The Hall–Kier alpha value is -1.85. The molecule has 0 unspecified atom stereocenters. The number of aromatic nitrogens is 1. The normalized spacial score (nSPS) is 11.2. The molecular weight excluding hydrogens is 338 g/mol. The van der Waals surface area contributed by atoms with Crippen LogP contribution in [0, 0.1) is 0 Å². The highest BCUT2D eigenvalue weighted by Crippen LogP contribution is 2.25. The fourth-order valence-corrected chi connectivity index (χ4v) is 3.29. The predicted octanol–water partition coefficient (Wildman–Crippen LogP) is 3.14. The van der Waals surface area contributed by atoms with Crippen LogP contribution in [0.15, 0.2) is 29.1 Å². The number of benzene rings is 1. The van der Waals surface area contributed by atoms with Gasteiger partial charge in [0.05, 0.1) is 10.5 Å². The molecule has 0 saturated carbocycles. The Morgan fingerprint density at radius 1 is 1.20 bits per heavy atom. The van der Waals surface area contributed by atoms with E-state index in [-0.39, 0.29) is 16.1 Å². The zero-order valence-corrected chi connectivity index (χ0v) is 15.9. The summed E-state index contributed by atoms with van der Waals surface area (Å²) in [5.74, 6) is -0.405. The molecule has 0 radical (unpaired) electrons. The number of nitrogens with zero attached hydrogens (tertiary/aromatic N) is 2. The second-order valence-corrected chi connectivity index (χ2v) is 6.32. The molecule has 1 aromatic carbocycles. The molecule has 5 nitrogen and oxygen atoms in total. The molecule has 6 heteroatoms. The van der Waals surface area contributed by atoms with Crippen molar-refractivity contribution in [3.63, 3.8) is 0 Å². The summed E-state index contributed by atoms with van der Waals surface area (Å²) in [5.41, 5.74) is 0.471. The Balaban J connectivity index is 2.37. The van der Waals surface area contributed by atoms with E-state index < -0.39 is 5.91 Å². The second-order valence-electron chi connectivity index (χ2n) is 5.95. The average Bonchev–Trinajstić information content (AvgIpc) is 2.62. The molecule has 0 aliphatic rings. The van der Waals surface area contributed by atoms with Crippen LogP contribution >= 0.6 is 11.6 Å². The number of hydrogen-bond donors (Lipinski definition) is 1. The van der Waals surface area contributed by atoms with Gasteiger partial charge in [-0.2, -0.15) is 0 Å². The van der Waals surface area contributed by atoms with E-state index in [0.29, 0.717) is 13.1 Å². The van der Waals surface area contributed by atoms with Crippen molar-refractivity contribution in [2.24, 2.45) is 0 Å². The summed E-state index contributed by atoms with van der Waals surface area (Å²) in [4.78, 5) is 27.7. The van der Waals surface area contributed by atoms with Crippen LogP contribution in [0.4, 0.5) is 0 Å². The molecule has 0 aliphatic heterocycles. The topological polar surface area (TPSA) is 54.3 Å². The highest BCUT2D eigenvalue weighted by atomic mass is 35.5. The number of aryl methyl sites for hydroxylation is 1. The van der Waals surface area contributed by atoms with Crippen molar-refractivity contribution in [1.29, 1.82) is 0 Å². The van der Waals surface area contributed by atoms with Gasteiger partial charge in [-0.05, 0) is 25.6 Å². The molecule has 1 amide bonds. The monoisotopic (exact) mass is 363 g/mol. The van der Waals surface area contributed by atoms with Crippen molar-refractivity contribution in [3.05, 3.63) is 45.2 Å². The molecule has 1 aromatic heterocycles. The number of para-hydroxylation sites is 1. The first kappa shape index (κ1) is 19.5. The molecule has 1 N–H and O–H groups in total. The van der Waals surface area contributed by atoms with Crippen molar-refractivity contribution < 1.29 is 4.79 Å². The molecule has 0 aliphatic carbocycles. The Kier molecular flexibility index (Phi) is 7.02. The van der Waals surface area contributed by atoms with E-state index in [1.807, 2.05) is 31.2 Å². The van der Waals surface area contributed by atoms with Crippen LogP contribution in [0.1, 0.15) is 37.6 Å². The lowest BCUT2D eigenvalue weighted by molar-refractivity contribution is 0.0947. The average molecular weight is 364 g/mol. The molecule has 0 saturated heterocycles. The SMILES string of the molecule is CCCn1c(=O)c(C(=O)NCCN(CC)CC)c(Cl)c2ccccc21. The highest BCUT2D eigenvalue weighted by molar-refractivity contribution is 6.38. The molecule has 0 atom stereocenters. The quantitative estimate of drug-likeness (QED) is 0.783. The minimum absolute atomic E-state index is 0.0355. The van der Waals surface area contributed by atoms with E-state index in [4.69, 9.17) is 11.6 Å². The molecule has 0 bridgehead atoms. The number of pyridine rings is 1. The predicted molar refractivity (Wildman–Crippen MR) is 104 cm³/mol. The van der Waals surface area contributed by atoms with E-state index in [9.17, 15) is 9.59 Å². The van der Waals surface area contributed by atoms with Crippen molar-refractivity contribution in [3.8, 4) is 0 Å². The van der Waals surface area contributed by atoms with Crippen molar-refractivity contribution in [2.45, 2.75) is 33.7 Å². The van der Waals surface area contributed by atoms with Gasteiger partial charge in [0.1, 0.15) is 5.56 Å². The molecule has 136 valence electrons. The van der Waals surface area contributed by atoms with Crippen LogP contribution < -0.4 is 10.9 Å². The first-order valence-corrected chi connectivity index (χ1v) is 9.24. The zero-order valence-electron chi connectivity index (χ0n) is 15.1. The van der Waals surface area contributed by atoms with E-state index in [1.54, 1.807) is 4.57 Å². The largest absolute Gasteiger partial charge is 0.351 e. The lowest BCUT2D eigenvalue weighted by Gasteiger charge is -2.18. The van der Waals surface area contributed by atoms with Gasteiger partial charge in [0.25, 0.3) is 11.5 Å². The molecule has 1 heterocycles. The van der Waals surface area contributed by atoms with Gasteiger partial charge in [-0.15, -0.1) is 0 Å². The van der Waals surface area contributed by atoms with E-state index in [1.165, 1.54) is 0 Å². The Morgan fingerprint density at radius 2 is 1.88 bits per heavy atom. The third-order valence-electron chi connectivity index (χ3n) is 4.39. The second kappa shape index (κ2) is 9.02. The highest BCUT2D eigenvalue weighted by Gasteiger charge is 2.20. The molecule has 0 spiro atoms. The standard InChI is InChI=1S/C19H26ClN3O2/c1-4-12-23-15-10-8-7-9-14(15)17(20)16(19(23)25)18(24)21-11-13-22(5-2)6-3/h7-10H,4-6,11-13H2,1-3H3,(H,21,24). The molecule has 2 aromatic rings. The maximum Gasteiger partial charge on any atom is 0.265 e. The third-order valence-corrected chi connectivity index (χ3v) is 4.78. The van der Waals surface area contributed by atoms with Crippen molar-refractivity contribution >= 4 is 28.4 Å². The van der Waals surface area contributed by atoms with Crippen molar-refractivity contribution in [1.82, 2.24) is 14.8 Å². The summed E-state index contributed by atoms with van der Waals surface area (Å²) in [6.07, 6.45) is 0.800.